The van der Waals surface area contributed by atoms with Crippen LogP contribution >= 0.6 is 15.2 Å². The molecule has 0 saturated carbocycles. The molecule has 0 fully saturated rings. The van der Waals surface area contributed by atoms with Crippen molar-refractivity contribution in [2.24, 2.45) is 5.10 Å². The van der Waals surface area contributed by atoms with Crippen molar-refractivity contribution in [1.29, 1.82) is 0 Å². The Morgan fingerprint density at radius 3 is 2.32 bits per heavy atom. The van der Waals surface area contributed by atoms with E-state index in [1.807, 2.05) is 4.90 Å². The van der Waals surface area contributed by atoms with Gasteiger partial charge in [-0.25, -0.2) is 20.2 Å². The minimum atomic E-state index is -5.86. The van der Waals surface area contributed by atoms with Crippen molar-refractivity contribution in [3.63, 3.8) is 0 Å². The average Bonchev–Trinajstić information content (AvgIpc) is 3.21. The predicted molar refractivity (Wildman–Crippen MR) is 221 cm³/mol. The second-order valence-electron chi connectivity index (χ2n) is 13.9. The Bertz CT molecular complexity index is 2390. The summed E-state index contributed by atoms with van der Waals surface area (Å²) in [5.41, 5.74) is 16.1. The molecule has 340 valence electrons. The summed E-state index contributed by atoms with van der Waals surface area (Å²) in [7, 11) is -8.46. The standard InChI is InChI=1S/C36H47N11O14P2.2Na/c1-46(15-13-36(53,62(54,55)56)63(57,58)59)14-4-16-60-26-6-3-5-22(17-26)18-40-45-28(48)21-61-34(52)27(11-12-29(49)50)42-33(51)23-7-9-25(10-8-23)47(2)20-24-19-39-32-30(41-24)31(37)43-35(38)44-32;;/h3,5-10,17-19,27,53H,4,11-16,20-21H2,1-2H3,(H,42,51)(H,45,48)(H,49,50)(H2,54,55,56)(H2,57,58,59)(H4,37,38,39,43,44);;/q;2*+1/p-2/b40-18+;;. The molecule has 3 atom stereocenters. The molecule has 0 bridgehead atoms. The van der Waals surface area contributed by atoms with E-state index in [4.69, 9.17) is 30.7 Å². The molecule has 0 saturated heterocycles. The maximum Gasteiger partial charge on any atom is 1.00 e. The number of esters is 1. The van der Waals surface area contributed by atoms with Gasteiger partial charge >= 0.3 is 71.1 Å². The van der Waals surface area contributed by atoms with Crippen LogP contribution in [0.15, 0.2) is 59.8 Å². The number of carbonyl (C=O) groups excluding carboxylic acids is 3. The molecule has 3 unspecified atom stereocenters. The van der Waals surface area contributed by atoms with Crippen LogP contribution in [0.4, 0.5) is 17.5 Å². The number of nitrogens with one attached hydrogen (secondary N) is 2. The normalized spacial score (nSPS) is 14.4. The number of nitrogen functional groups attached to an aromatic ring is 2. The van der Waals surface area contributed by atoms with E-state index >= 15 is 0 Å². The van der Waals surface area contributed by atoms with Crippen LogP contribution in [0, 0.1) is 0 Å². The summed E-state index contributed by atoms with van der Waals surface area (Å²) in [5, 5.41) is 21.7. The van der Waals surface area contributed by atoms with Crippen LogP contribution in [0.5, 0.6) is 5.75 Å². The topological polar surface area (TPSA) is 394 Å². The van der Waals surface area contributed by atoms with E-state index in [0.717, 1.165) is 0 Å². The number of fused-ring (bicyclic) bond motifs is 1. The second kappa shape index (κ2) is 25.7. The number of amides is 2. The molecule has 0 aliphatic carbocycles. The Hall–Kier alpha value is -4.17. The van der Waals surface area contributed by atoms with Crippen LogP contribution in [0.25, 0.3) is 11.2 Å². The smallest absolute Gasteiger partial charge is 0.776 e. The molecule has 2 aromatic carbocycles. The first kappa shape index (κ1) is 57.0. The third kappa shape index (κ3) is 17.2. The van der Waals surface area contributed by atoms with Crippen molar-refractivity contribution in [2.75, 3.05) is 56.8 Å². The van der Waals surface area contributed by atoms with Gasteiger partial charge in [-0.2, -0.15) is 15.1 Å². The number of nitrogens with two attached hydrogens (primary N) is 2. The van der Waals surface area contributed by atoms with Crippen molar-refractivity contribution in [2.45, 2.75) is 43.4 Å². The average molecular weight is 964 g/mol. The number of ether oxygens (including phenoxy) is 2. The number of carboxylic acid groups (broad SMARTS) is 1. The monoisotopic (exact) mass is 963 g/mol. The third-order valence-electron chi connectivity index (χ3n) is 9.00. The van der Waals surface area contributed by atoms with Crippen molar-refractivity contribution in [3.8, 4) is 5.75 Å². The molecule has 0 aliphatic heterocycles. The first-order valence-electron chi connectivity index (χ1n) is 18.6. The van der Waals surface area contributed by atoms with Gasteiger partial charge in [0, 0.05) is 44.2 Å². The summed E-state index contributed by atoms with van der Waals surface area (Å²) in [6.45, 7) is -0.449. The van der Waals surface area contributed by atoms with E-state index in [9.17, 15) is 48.3 Å². The molecule has 25 nitrogen and oxygen atoms in total. The number of benzene rings is 2. The van der Waals surface area contributed by atoms with Crippen LogP contribution in [0.3, 0.4) is 0 Å². The number of nitrogens with zero attached hydrogens (tertiary/aromatic N) is 7. The van der Waals surface area contributed by atoms with E-state index in [-0.39, 0.29) is 108 Å². The quantitative estimate of drug-likeness (QED) is 0.00855. The van der Waals surface area contributed by atoms with Gasteiger partial charge in [-0.05, 0) is 61.9 Å². The van der Waals surface area contributed by atoms with Gasteiger partial charge in [-0.15, -0.1) is 0 Å². The minimum absolute atomic E-state index is 0. The van der Waals surface area contributed by atoms with Crippen LogP contribution < -0.4 is 101 Å². The van der Waals surface area contributed by atoms with E-state index in [0.29, 0.717) is 41.2 Å². The molecule has 0 radical (unpaired) electrons. The Balaban J connectivity index is 0.00000726. The summed E-state index contributed by atoms with van der Waals surface area (Å²) >= 11 is 0. The number of aliphatic carboxylic acids is 1. The molecular formula is C36H45N11Na2O14P2. The number of aliphatic hydroxyl groups is 1. The third-order valence-corrected chi connectivity index (χ3v) is 12.8. The molecule has 0 spiro atoms. The summed E-state index contributed by atoms with van der Waals surface area (Å²) in [5.74, 6) is -3.38. The van der Waals surface area contributed by atoms with Gasteiger partial charge in [0.1, 0.15) is 11.8 Å². The first-order chi connectivity index (χ1) is 29.6. The van der Waals surface area contributed by atoms with E-state index in [2.05, 4.69) is 35.8 Å². The van der Waals surface area contributed by atoms with E-state index in [1.54, 1.807) is 43.4 Å². The van der Waals surface area contributed by atoms with Crippen LogP contribution in [0.2, 0.25) is 0 Å². The molecule has 2 heterocycles. The summed E-state index contributed by atoms with van der Waals surface area (Å²) in [6, 6.07) is 11.3. The molecule has 2 amide bonds. The van der Waals surface area contributed by atoms with Crippen molar-refractivity contribution < 1.29 is 127 Å². The molecule has 2 aromatic heterocycles. The molecule has 4 aromatic rings. The summed E-state index contributed by atoms with van der Waals surface area (Å²) in [6.07, 6.45) is 1.32. The zero-order chi connectivity index (χ0) is 46.5. The number of hydrogen-bond acceptors (Lipinski definition) is 20. The summed E-state index contributed by atoms with van der Waals surface area (Å²) in [4.78, 5) is 111. The fraction of sp³-hybridized carbons (Fsp3) is 0.361. The van der Waals surface area contributed by atoms with Crippen LogP contribution in [-0.2, 0) is 34.8 Å². The van der Waals surface area contributed by atoms with Crippen LogP contribution in [0.1, 0.15) is 47.3 Å². The molecule has 65 heavy (non-hydrogen) atoms. The second-order valence-corrected chi connectivity index (χ2v) is 17.8. The largest absolute Gasteiger partial charge is 1.00 e. The van der Waals surface area contributed by atoms with Gasteiger partial charge < -0.3 is 75.0 Å². The Morgan fingerprint density at radius 2 is 1.68 bits per heavy atom. The number of carbonyl (C=O) groups is 4. The zero-order valence-corrected chi connectivity index (χ0v) is 41.6. The van der Waals surface area contributed by atoms with Crippen molar-refractivity contribution >= 4 is 73.8 Å². The fourth-order valence-corrected chi connectivity index (χ4v) is 7.61. The molecule has 0 aliphatic rings. The molecule has 10 N–H and O–H groups in total. The maximum atomic E-state index is 13.1. The van der Waals surface area contributed by atoms with Crippen molar-refractivity contribution in [3.05, 3.63) is 71.5 Å². The van der Waals surface area contributed by atoms with Gasteiger partial charge in [0.15, 0.2) is 43.9 Å². The number of aromatic nitrogens is 4. The predicted octanol–water partition coefficient (Wildman–Crippen LogP) is -7.29. The molecular weight excluding hydrogens is 918 g/mol. The fourth-order valence-electron chi connectivity index (χ4n) is 5.57. The van der Waals surface area contributed by atoms with Gasteiger partial charge in [-0.3, -0.25) is 14.4 Å². The summed E-state index contributed by atoms with van der Waals surface area (Å²) < 4.78 is 33.5. The SMILES string of the molecule is CN(CCCOc1cccc(/C=N/NC(=O)COC(=O)C(CCC(=O)O)NC(=O)c2ccc(N(C)Cc3cnc4nc(N)nc(N)c4n3)cc2)c1)CCC(O)(P(=O)([O-])O)P(=O)([O-])O.[Na+].[Na+]. The van der Waals surface area contributed by atoms with Gasteiger partial charge in [0.25, 0.3) is 11.8 Å². The van der Waals surface area contributed by atoms with Crippen molar-refractivity contribution in [1.82, 2.24) is 35.6 Å². The Kier molecular flexibility index (Phi) is 22.5. The molecule has 29 heteroatoms. The molecule has 4 rings (SSSR count). The van der Waals surface area contributed by atoms with Crippen LogP contribution in [-0.4, -0.2) is 126 Å². The van der Waals surface area contributed by atoms with E-state index in [1.165, 1.54) is 36.5 Å². The van der Waals surface area contributed by atoms with Gasteiger partial charge in [0.2, 0.25) is 5.95 Å². The number of rotatable bonds is 23. The van der Waals surface area contributed by atoms with Gasteiger partial charge in [-0.1, -0.05) is 12.1 Å². The number of hydrazone groups is 1. The van der Waals surface area contributed by atoms with E-state index < -0.39 is 69.5 Å². The Labute approximate surface area is 415 Å². The minimum Gasteiger partial charge on any atom is -0.776 e. The maximum absolute atomic E-state index is 13.1. The first-order valence-corrected chi connectivity index (χ1v) is 21.8. The number of carboxylic acids is 1. The number of anilines is 3. The number of hydrogen-bond donors (Lipinski definition) is 8. The van der Waals surface area contributed by atoms with Gasteiger partial charge in [0.05, 0.1) is 31.3 Å². The zero-order valence-electron chi connectivity index (χ0n) is 35.8. The Morgan fingerprint density at radius 1 is 1.00 bits per heavy atom.